The van der Waals surface area contributed by atoms with E-state index in [9.17, 15) is 19.3 Å². The Labute approximate surface area is 125 Å². The maximum atomic E-state index is 11.6. The van der Waals surface area contributed by atoms with Crippen LogP contribution in [0.15, 0.2) is 21.9 Å². The average Bonchev–Trinajstić information content (AvgIpc) is 2.68. The number of nitrogens with zero attached hydrogens (tertiary/aromatic N) is 1. The summed E-state index contributed by atoms with van der Waals surface area (Å²) in [5, 5.41) is 8.59. The molecule has 1 saturated heterocycles. The Hall–Kier alpha value is -0.810. The fourth-order valence-corrected chi connectivity index (χ4v) is 3.44. The zero-order chi connectivity index (χ0) is 15.8. The third-order valence-electron chi connectivity index (χ3n) is 2.79. The fraction of sp³-hybridized carbons (Fsp3) is 0.556. The standard InChI is InChI=1S/C9H12BrN2O8P/c10-8(20-21(16,17)18)7-4(13)3-6(19-7)12-2-1-5(14)11-9(12)15/h1-2,4,6-8,13H,3H2,(H,11,14,15)(H2,16,17,18)/t4-,6+,7-,8?/m0/s1. The summed E-state index contributed by atoms with van der Waals surface area (Å²) in [6.45, 7) is 0. The van der Waals surface area contributed by atoms with Gasteiger partial charge in [-0.25, -0.2) is 9.36 Å². The molecular weight excluding hydrogens is 375 g/mol. The fourth-order valence-electron chi connectivity index (χ4n) is 1.93. The highest BCUT2D eigenvalue weighted by Gasteiger charge is 2.42. The van der Waals surface area contributed by atoms with Crippen molar-refractivity contribution in [3.63, 3.8) is 0 Å². The molecule has 0 saturated carbocycles. The average molecular weight is 387 g/mol. The third-order valence-corrected chi connectivity index (χ3v) is 4.29. The van der Waals surface area contributed by atoms with Gasteiger partial charge in [-0.05, 0) is 0 Å². The molecule has 0 bridgehead atoms. The summed E-state index contributed by atoms with van der Waals surface area (Å²) < 4.78 is 21.6. The van der Waals surface area contributed by atoms with Crippen molar-refractivity contribution in [2.24, 2.45) is 0 Å². The number of H-pyrrole nitrogens is 1. The van der Waals surface area contributed by atoms with Crippen LogP contribution in [0.4, 0.5) is 0 Å². The molecule has 0 aromatic carbocycles. The van der Waals surface area contributed by atoms with E-state index in [2.05, 4.69) is 20.5 Å². The molecule has 10 nitrogen and oxygen atoms in total. The molecule has 118 valence electrons. The molecule has 1 aromatic rings. The van der Waals surface area contributed by atoms with Gasteiger partial charge in [-0.1, -0.05) is 15.9 Å². The van der Waals surface area contributed by atoms with E-state index >= 15 is 0 Å². The number of phosphoric ester groups is 1. The van der Waals surface area contributed by atoms with Crippen LogP contribution in [0.2, 0.25) is 0 Å². The summed E-state index contributed by atoms with van der Waals surface area (Å²) in [6, 6.07) is 1.11. The van der Waals surface area contributed by atoms with Gasteiger partial charge in [0.05, 0.1) is 6.10 Å². The minimum atomic E-state index is -4.76. The first-order valence-electron chi connectivity index (χ1n) is 5.70. The van der Waals surface area contributed by atoms with Crippen LogP contribution in [0, 0.1) is 0 Å². The maximum absolute atomic E-state index is 11.6. The van der Waals surface area contributed by atoms with Gasteiger partial charge in [0.25, 0.3) is 5.56 Å². The molecule has 1 aliphatic rings. The molecule has 0 radical (unpaired) electrons. The number of hydrogen-bond donors (Lipinski definition) is 4. The summed E-state index contributed by atoms with van der Waals surface area (Å²) >= 11 is 2.87. The number of aromatic nitrogens is 2. The number of phosphoric acid groups is 1. The molecule has 1 fully saturated rings. The van der Waals surface area contributed by atoms with Gasteiger partial charge in [0.2, 0.25) is 0 Å². The van der Waals surface area contributed by atoms with Crippen LogP contribution >= 0.6 is 23.8 Å². The van der Waals surface area contributed by atoms with E-state index in [1.54, 1.807) is 0 Å². The van der Waals surface area contributed by atoms with E-state index in [1.165, 1.54) is 6.20 Å². The molecule has 2 rings (SSSR count). The normalized spacial score (nSPS) is 27.7. The van der Waals surface area contributed by atoms with Crippen LogP contribution in [-0.4, -0.2) is 41.7 Å². The van der Waals surface area contributed by atoms with Gasteiger partial charge in [0.15, 0.2) is 5.01 Å². The number of hydrogen-bond acceptors (Lipinski definition) is 6. The molecule has 2 heterocycles. The number of aliphatic hydroxyl groups excluding tert-OH is 1. The number of aromatic amines is 1. The second-order valence-electron chi connectivity index (χ2n) is 4.32. The number of aliphatic hydroxyl groups is 1. The van der Waals surface area contributed by atoms with Gasteiger partial charge in [0.1, 0.15) is 12.3 Å². The van der Waals surface area contributed by atoms with E-state index in [4.69, 9.17) is 14.5 Å². The van der Waals surface area contributed by atoms with Crippen LogP contribution < -0.4 is 11.2 Å². The van der Waals surface area contributed by atoms with E-state index in [0.717, 1.165) is 10.6 Å². The van der Waals surface area contributed by atoms with E-state index in [1.807, 2.05) is 4.98 Å². The lowest BCUT2D eigenvalue weighted by molar-refractivity contribution is -0.0532. The molecule has 4 N–H and O–H groups in total. The van der Waals surface area contributed by atoms with Crippen molar-refractivity contribution in [3.05, 3.63) is 33.1 Å². The highest BCUT2D eigenvalue weighted by Crippen LogP contribution is 2.43. The van der Waals surface area contributed by atoms with Gasteiger partial charge in [-0.15, -0.1) is 0 Å². The molecule has 1 aromatic heterocycles. The van der Waals surface area contributed by atoms with E-state index in [0.29, 0.717) is 0 Å². The number of nitrogens with one attached hydrogen (secondary N) is 1. The quantitative estimate of drug-likeness (QED) is 0.380. The molecule has 12 heteroatoms. The Morgan fingerprint density at radius 1 is 1.52 bits per heavy atom. The first-order valence-corrected chi connectivity index (χ1v) is 8.15. The minimum absolute atomic E-state index is 0.0107. The van der Waals surface area contributed by atoms with Gasteiger partial charge in [-0.3, -0.25) is 18.9 Å². The van der Waals surface area contributed by atoms with Crippen molar-refractivity contribution < 1.29 is 28.7 Å². The molecule has 1 unspecified atom stereocenters. The second-order valence-corrected chi connectivity index (χ2v) is 6.42. The molecular formula is C9H12BrN2O8P. The van der Waals surface area contributed by atoms with Crippen LogP contribution in [-0.2, 0) is 13.8 Å². The van der Waals surface area contributed by atoms with Crippen molar-refractivity contribution in [3.8, 4) is 0 Å². The SMILES string of the molecule is O=c1ccn([C@H]2C[C@H](O)[C@@H](C(Br)OP(=O)(O)O)O2)c(=O)[nH]1. The minimum Gasteiger partial charge on any atom is -0.390 e. The van der Waals surface area contributed by atoms with Gasteiger partial charge in [0, 0.05) is 18.7 Å². The highest BCUT2D eigenvalue weighted by atomic mass is 79.9. The summed E-state index contributed by atoms with van der Waals surface area (Å²) in [5.41, 5.74) is -1.29. The van der Waals surface area contributed by atoms with E-state index < -0.39 is 42.5 Å². The summed E-state index contributed by atoms with van der Waals surface area (Å²) in [7, 11) is -4.76. The zero-order valence-electron chi connectivity index (χ0n) is 10.3. The van der Waals surface area contributed by atoms with Gasteiger partial charge < -0.3 is 19.6 Å². The van der Waals surface area contributed by atoms with Crippen molar-refractivity contribution >= 4 is 23.8 Å². The van der Waals surface area contributed by atoms with Crippen molar-refractivity contribution in [2.75, 3.05) is 0 Å². The van der Waals surface area contributed by atoms with Crippen LogP contribution in [0.5, 0.6) is 0 Å². The van der Waals surface area contributed by atoms with Crippen molar-refractivity contribution in [1.29, 1.82) is 0 Å². The molecule has 4 atom stereocenters. The van der Waals surface area contributed by atoms with Crippen LogP contribution in [0.3, 0.4) is 0 Å². The Morgan fingerprint density at radius 3 is 2.76 bits per heavy atom. The zero-order valence-corrected chi connectivity index (χ0v) is 12.8. The van der Waals surface area contributed by atoms with Crippen molar-refractivity contribution in [1.82, 2.24) is 9.55 Å². The van der Waals surface area contributed by atoms with Gasteiger partial charge >= 0.3 is 13.5 Å². The smallest absolute Gasteiger partial charge is 0.390 e. The Bertz CT molecular complexity index is 668. The van der Waals surface area contributed by atoms with Crippen LogP contribution in [0.25, 0.3) is 0 Å². The lowest BCUT2D eigenvalue weighted by Crippen LogP contribution is -2.33. The maximum Gasteiger partial charge on any atom is 0.470 e. The number of halogens is 1. The summed E-state index contributed by atoms with van der Waals surface area (Å²) in [5.74, 6) is 0. The predicted octanol–water partition coefficient (Wildman–Crippen LogP) is -0.985. The number of ether oxygens (including phenoxy) is 1. The molecule has 0 spiro atoms. The van der Waals surface area contributed by atoms with Gasteiger partial charge in [-0.2, -0.15) is 0 Å². The Kier molecular flexibility index (Phi) is 4.83. The summed E-state index contributed by atoms with van der Waals surface area (Å²) in [6.07, 6.45) is -1.92. The third kappa shape index (κ3) is 4.10. The number of rotatable bonds is 4. The Morgan fingerprint density at radius 2 is 2.19 bits per heavy atom. The molecule has 0 aliphatic carbocycles. The second kappa shape index (κ2) is 6.13. The molecule has 21 heavy (non-hydrogen) atoms. The molecule has 0 amide bonds. The largest absolute Gasteiger partial charge is 0.470 e. The van der Waals surface area contributed by atoms with E-state index in [-0.39, 0.29) is 6.42 Å². The lowest BCUT2D eigenvalue weighted by Gasteiger charge is -2.21. The first-order chi connectivity index (χ1) is 9.67. The topological polar surface area (TPSA) is 151 Å². The number of alkyl halides is 1. The Balaban J connectivity index is 2.15. The molecule has 1 aliphatic heterocycles. The highest BCUT2D eigenvalue weighted by molar-refractivity contribution is 9.09. The predicted molar refractivity (Wildman–Crippen MR) is 71.7 cm³/mol. The van der Waals surface area contributed by atoms with Crippen molar-refractivity contribution in [2.45, 2.75) is 29.9 Å². The first kappa shape index (κ1) is 16.6. The monoisotopic (exact) mass is 386 g/mol. The lowest BCUT2D eigenvalue weighted by atomic mass is 10.2. The summed E-state index contributed by atoms with van der Waals surface area (Å²) in [4.78, 5) is 42.1. The van der Waals surface area contributed by atoms with Crippen LogP contribution in [0.1, 0.15) is 12.6 Å².